The van der Waals surface area contributed by atoms with Crippen LogP contribution >= 0.6 is 0 Å². The minimum Gasteiger partial charge on any atom is -0.374 e. The van der Waals surface area contributed by atoms with Gasteiger partial charge < -0.3 is 10.2 Å². The molecule has 1 aliphatic heterocycles. The highest BCUT2D eigenvalue weighted by atomic mass is 16.2. The van der Waals surface area contributed by atoms with Gasteiger partial charge in [-0.05, 0) is 50.8 Å². The Hall–Kier alpha value is -1.51. The van der Waals surface area contributed by atoms with Crippen molar-refractivity contribution in [2.45, 2.75) is 39.2 Å². The molecule has 1 atom stereocenters. The molecule has 3 heteroatoms. The number of hydrogen-bond acceptors (Lipinski definition) is 2. The summed E-state index contributed by atoms with van der Waals surface area (Å²) in [5, 5.41) is 3.29. The van der Waals surface area contributed by atoms with Crippen molar-refractivity contribution < 1.29 is 4.79 Å². The Morgan fingerprint density at radius 2 is 2.00 bits per heavy atom. The van der Waals surface area contributed by atoms with E-state index in [0.29, 0.717) is 0 Å². The summed E-state index contributed by atoms with van der Waals surface area (Å²) in [5.41, 5.74) is 2.23. The molecule has 0 spiro atoms. The molecule has 0 bridgehead atoms. The molecule has 3 nitrogen and oxygen atoms in total. The largest absolute Gasteiger partial charge is 0.374 e. The molecule has 1 heterocycles. The van der Waals surface area contributed by atoms with Gasteiger partial charge in [-0.1, -0.05) is 12.1 Å². The molecule has 98 valence electrons. The molecule has 18 heavy (non-hydrogen) atoms. The highest BCUT2D eigenvalue weighted by Crippen LogP contribution is 2.14. The van der Waals surface area contributed by atoms with Gasteiger partial charge in [0.25, 0.3) is 0 Å². The summed E-state index contributed by atoms with van der Waals surface area (Å²) in [5.74, 6) is 0.219. The van der Waals surface area contributed by atoms with E-state index in [1.807, 2.05) is 24.0 Å². The molecular formula is C15H22N2O. The average molecular weight is 246 g/mol. The van der Waals surface area contributed by atoms with Gasteiger partial charge in [-0.3, -0.25) is 4.79 Å². The van der Waals surface area contributed by atoms with Gasteiger partial charge in [0.15, 0.2) is 0 Å². The van der Waals surface area contributed by atoms with Crippen LogP contribution in [-0.4, -0.2) is 29.9 Å². The molecule has 1 aliphatic rings. The highest BCUT2D eigenvalue weighted by Gasteiger charge is 2.21. The maximum atomic E-state index is 12.3. The van der Waals surface area contributed by atoms with Gasteiger partial charge in [-0.25, -0.2) is 0 Å². The molecule has 0 radical (unpaired) electrons. The normalized spacial score (nSPS) is 17.3. The maximum Gasteiger partial charge on any atom is 0.244 e. The second-order valence-electron chi connectivity index (χ2n) is 5.12. The number of nitrogens with one attached hydrogen (secondary N) is 1. The number of carbonyl (C=O) groups excluding carboxylic acids is 1. The first kappa shape index (κ1) is 12.9. The van der Waals surface area contributed by atoms with Crippen molar-refractivity contribution in [3.63, 3.8) is 0 Å². The monoisotopic (exact) mass is 246 g/mol. The van der Waals surface area contributed by atoms with Crippen LogP contribution in [0.4, 0.5) is 5.69 Å². The van der Waals surface area contributed by atoms with E-state index < -0.39 is 0 Å². The van der Waals surface area contributed by atoms with E-state index in [-0.39, 0.29) is 11.9 Å². The van der Waals surface area contributed by atoms with Crippen LogP contribution in [0.3, 0.4) is 0 Å². The highest BCUT2D eigenvalue weighted by molar-refractivity contribution is 5.84. The lowest BCUT2D eigenvalue weighted by atomic mass is 10.1. The number of carbonyl (C=O) groups is 1. The number of nitrogens with zero attached hydrogens (tertiary/aromatic N) is 1. The molecule has 1 unspecified atom stereocenters. The Morgan fingerprint density at radius 3 is 2.67 bits per heavy atom. The summed E-state index contributed by atoms with van der Waals surface area (Å²) >= 11 is 0. The van der Waals surface area contributed by atoms with Crippen LogP contribution in [0.1, 0.15) is 31.7 Å². The molecule has 0 aromatic heterocycles. The van der Waals surface area contributed by atoms with Crippen LogP contribution < -0.4 is 5.32 Å². The smallest absolute Gasteiger partial charge is 0.244 e. The van der Waals surface area contributed by atoms with Gasteiger partial charge >= 0.3 is 0 Å². The van der Waals surface area contributed by atoms with Crippen molar-refractivity contribution in [1.82, 2.24) is 4.90 Å². The summed E-state index contributed by atoms with van der Waals surface area (Å²) in [6, 6.07) is 8.00. The van der Waals surface area contributed by atoms with Gasteiger partial charge in [-0.15, -0.1) is 0 Å². The number of aryl methyl sites for hydroxylation is 1. The third-order valence-electron chi connectivity index (χ3n) is 3.44. The fraction of sp³-hybridized carbons (Fsp3) is 0.533. The summed E-state index contributed by atoms with van der Waals surface area (Å²) in [6.45, 7) is 5.83. The summed E-state index contributed by atoms with van der Waals surface area (Å²) < 4.78 is 0. The van der Waals surface area contributed by atoms with E-state index in [0.717, 1.165) is 31.6 Å². The van der Waals surface area contributed by atoms with E-state index in [1.165, 1.54) is 12.0 Å². The molecule has 1 saturated heterocycles. The first-order valence-corrected chi connectivity index (χ1v) is 6.79. The number of anilines is 1. The molecule has 1 amide bonds. The third kappa shape index (κ3) is 3.25. The lowest BCUT2D eigenvalue weighted by Gasteiger charge is -2.29. The third-order valence-corrected chi connectivity index (χ3v) is 3.44. The van der Waals surface area contributed by atoms with E-state index >= 15 is 0 Å². The lowest BCUT2D eigenvalue weighted by molar-refractivity contribution is -0.132. The van der Waals surface area contributed by atoms with Gasteiger partial charge in [0, 0.05) is 18.8 Å². The van der Waals surface area contributed by atoms with Gasteiger partial charge in [0.1, 0.15) is 6.04 Å². The Labute approximate surface area is 109 Å². The minimum atomic E-state index is -0.148. The predicted molar refractivity (Wildman–Crippen MR) is 74.7 cm³/mol. The standard InChI is InChI=1S/C15H22N2O/c1-12-7-6-8-14(11-12)16-13(2)15(18)17-9-4-3-5-10-17/h6-8,11,13,16H,3-5,9-10H2,1-2H3. The van der Waals surface area contributed by atoms with Crippen molar-refractivity contribution >= 4 is 11.6 Å². The number of likely N-dealkylation sites (tertiary alicyclic amines) is 1. The lowest BCUT2D eigenvalue weighted by Crippen LogP contribution is -2.43. The second kappa shape index (κ2) is 5.89. The van der Waals surface area contributed by atoms with Crippen LogP contribution in [0, 0.1) is 6.92 Å². The van der Waals surface area contributed by atoms with Gasteiger partial charge in [-0.2, -0.15) is 0 Å². The topological polar surface area (TPSA) is 32.3 Å². The van der Waals surface area contributed by atoms with Crippen LogP contribution in [-0.2, 0) is 4.79 Å². The first-order chi connectivity index (χ1) is 8.66. The quantitative estimate of drug-likeness (QED) is 0.889. The summed E-state index contributed by atoms with van der Waals surface area (Å²) in [6.07, 6.45) is 3.54. The van der Waals surface area contributed by atoms with Crippen LogP contribution in [0.5, 0.6) is 0 Å². The Balaban J connectivity index is 1.94. The zero-order chi connectivity index (χ0) is 13.0. The molecule has 0 saturated carbocycles. The molecule has 1 N–H and O–H groups in total. The minimum absolute atomic E-state index is 0.148. The first-order valence-electron chi connectivity index (χ1n) is 6.79. The van der Waals surface area contributed by atoms with Crippen LogP contribution in [0.15, 0.2) is 24.3 Å². The molecule has 2 rings (SSSR count). The summed E-state index contributed by atoms with van der Waals surface area (Å²) in [4.78, 5) is 14.2. The molecule has 1 aromatic carbocycles. The average Bonchev–Trinajstić information content (AvgIpc) is 2.39. The predicted octanol–water partition coefficient (Wildman–Crippen LogP) is 2.81. The van der Waals surface area contributed by atoms with Crippen molar-refractivity contribution in [3.8, 4) is 0 Å². The second-order valence-corrected chi connectivity index (χ2v) is 5.12. The Kier molecular flexibility index (Phi) is 4.24. The molecule has 1 aromatic rings. The zero-order valence-corrected chi connectivity index (χ0v) is 11.3. The van der Waals surface area contributed by atoms with Crippen LogP contribution in [0.2, 0.25) is 0 Å². The number of amides is 1. The van der Waals surface area contributed by atoms with E-state index in [4.69, 9.17) is 0 Å². The van der Waals surface area contributed by atoms with Crippen molar-refractivity contribution in [1.29, 1.82) is 0 Å². The zero-order valence-electron chi connectivity index (χ0n) is 11.3. The number of rotatable bonds is 3. The summed E-state index contributed by atoms with van der Waals surface area (Å²) in [7, 11) is 0. The van der Waals surface area contributed by atoms with Gasteiger partial charge in [0.05, 0.1) is 0 Å². The van der Waals surface area contributed by atoms with Crippen molar-refractivity contribution in [2.75, 3.05) is 18.4 Å². The number of benzene rings is 1. The molecule has 1 fully saturated rings. The van der Waals surface area contributed by atoms with Crippen LogP contribution in [0.25, 0.3) is 0 Å². The van der Waals surface area contributed by atoms with E-state index in [9.17, 15) is 4.79 Å². The van der Waals surface area contributed by atoms with E-state index in [2.05, 4.69) is 24.4 Å². The number of hydrogen-bond donors (Lipinski definition) is 1. The maximum absolute atomic E-state index is 12.3. The Morgan fingerprint density at radius 1 is 1.28 bits per heavy atom. The SMILES string of the molecule is Cc1cccc(NC(C)C(=O)N2CCCCC2)c1. The fourth-order valence-electron chi connectivity index (χ4n) is 2.43. The fourth-order valence-corrected chi connectivity index (χ4v) is 2.43. The van der Waals surface area contributed by atoms with E-state index in [1.54, 1.807) is 0 Å². The van der Waals surface area contributed by atoms with Gasteiger partial charge in [0.2, 0.25) is 5.91 Å². The molecular weight excluding hydrogens is 224 g/mol. The van der Waals surface area contributed by atoms with Crippen molar-refractivity contribution in [2.24, 2.45) is 0 Å². The van der Waals surface area contributed by atoms with Crippen molar-refractivity contribution in [3.05, 3.63) is 29.8 Å². The molecule has 0 aliphatic carbocycles. The Bertz CT molecular complexity index is 411. The number of piperidine rings is 1.